The highest BCUT2D eigenvalue weighted by Crippen LogP contribution is 2.44. The average Bonchev–Trinajstić information content (AvgIpc) is 3.14. The summed E-state index contributed by atoms with van der Waals surface area (Å²) in [6.07, 6.45) is 1.78. The highest BCUT2D eigenvalue weighted by atomic mass is 32.2. The summed E-state index contributed by atoms with van der Waals surface area (Å²) in [4.78, 5) is 4.88. The Morgan fingerprint density at radius 1 is 0.838 bits per heavy atom. The minimum atomic E-state index is -3.83. The largest absolute Gasteiger partial charge is 0.329 e. The molecule has 2 heterocycles. The third-order valence-corrected chi connectivity index (χ3v) is 8.12. The Morgan fingerprint density at radius 3 is 2.22 bits per heavy atom. The Morgan fingerprint density at radius 2 is 1.54 bits per heavy atom. The molecule has 0 radical (unpaired) electrons. The number of anilines is 1. The molecule has 0 aliphatic heterocycles. The fraction of sp³-hybridized carbons (Fsp3) is 0.194. The van der Waals surface area contributed by atoms with E-state index in [4.69, 9.17) is 0 Å². The molecular weight excluding hydrogens is 478 g/mol. The molecular formula is C31H31N3O2S. The number of para-hydroxylation sites is 1. The standard InChI is InChI=1S/C31H31N3O2S/c1-21-13-16-23(17-14-21)37(35,36)33-30-29(25-10-6-7-12-28(25)34(30)5)24-18-15-22(31(2,3)4)20-26(24)27-11-8-9-19-32-27/h6-20,33H,1-5H3. The molecule has 0 fully saturated rings. The first-order valence-corrected chi connectivity index (χ1v) is 13.8. The van der Waals surface area contributed by atoms with Crippen LogP contribution in [0.25, 0.3) is 33.3 Å². The zero-order valence-electron chi connectivity index (χ0n) is 21.8. The van der Waals surface area contributed by atoms with Gasteiger partial charge in [-0.25, -0.2) is 8.42 Å². The summed E-state index contributed by atoms with van der Waals surface area (Å²) in [7, 11) is -1.93. The van der Waals surface area contributed by atoms with E-state index in [-0.39, 0.29) is 10.3 Å². The van der Waals surface area contributed by atoms with Crippen LogP contribution in [0.3, 0.4) is 0 Å². The lowest BCUT2D eigenvalue weighted by Gasteiger charge is -2.22. The molecule has 5 rings (SSSR count). The molecule has 0 unspecified atom stereocenters. The minimum absolute atomic E-state index is 0.0589. The fourth-order valence-electron chi connectivity index (χ4n) is 4.65. The van der Waals surface area contributed by atoms with E-state index in [1.165, 1.54) is 5.56 Å². The summed E-state index contributed by atoms with van der Waals surface area (Å²) >= 11 is 0. The highest BCUT2D eigenvalue weighted by Gasteiger charge is 2.25. The van der Waals surface area contributed by atoms with Crippen molar-refractivity contribution in [2.75, 3.05) is 4.72 Å². The molecule has 3 aromatic carbocycles. The lowest BCUT2D eigenvalue weighted by Crippen LogP contribution is -2.16. The number of rotatable bonds is 5. The summed E-state index contributed by atoms with van der Waals surface area (Å²) in [5.74, 6) is 0.516. The van der Waals surface area contributed by atoms with Gasteiger partial charge in [-0.15, -0.1) is 0 Å². The number of benzene rings is 3. The van der Waals surface area contributed by atoms with Crippen molar-refractivity contribution in [2.24, 2.45) is 7.05 Å². The number of hydrogen-bond acceptors (Lipinski definition) is 3. The van der Waals surface area contributed by atoms with Crippen LogP contribution in [0.5, 0.6) is 0 Å². The van der Waals surface area contributed by atoms with Gasteiger partial charge in [0, 0.05) is 29.8 Å². The number of sulfonamides is 1. The van der Waals surface area contributed by atoms with Crippen molar-refractivity contribution >= 4 is 26.7 Å². The Bertz CT molecular complexity index is 1700. The lowest BCUT2D eigenvalue weighted by molar-refractivity contribution is 0.590. The summed E-state index contributed by atoms with van der Waals surface area (Å²) in [6.45, 7) is 8.49. The van der Waals surface area contributed by atoms with Crippen LogP contribution in [0.1, 0.15) is 31.9 Å². The number of pyridine rings is 1. The van der Waals surface area contributed by atoms with Crippen LogP contribution in [0.4, 0.5) is 5.82 Å². The third-order valence-electron chi connectivity index (χ3n) is 6.77. The van der Waals surface area contributed by atoms with Crippen LogP contribution in [0, 0.1) is 6.92 Å². The predicted molar refractivity (Wildman–Crippen MR) is 152 cm³/mol. The number of aryl methyl sites for hydroxylation is 2. The van der Waals surface area contributed by atoms with Gasteiger partial charge in [-0.1, -0.05) is 74.9 Å². The monoisotopic (exact) mass is 509 g/mol. The van der Waals surface area contributed by atoms with E-state index < -0.39 is 10.0 Å². The third kappa shape index (κ3) is 4.65. The van der Waals surface area contributed by atoms with Crippen molar-refractivity contribution < 1.29 is 8.42 Å². The van der Waals surface area contributed by atoms with Gasteiger partial charge in [0.2, 0.25) is 0 Å². The minimum Gasteiger partial charge on any atom is -0.329 e. The maximum atomic E-state index is 13.5. The molecule has 188 valence electrons. The van der Waals surface area contributed by atoms with Crippen LogP contribution in [0.15, 0.2) is 96.0 Å². The van der Waals surface area contributed by atoms with Gasteiger partial charge < -0.3 is 4.57 Å². The molecule has 37 heavy (non-hydrogen) atoms. The predicted octanol–water partition coefficient (Wildman–Crippen LogP) is 7.31. The molecule has 0 aliphatic carbocycles. The maximum Gasteiger partial charge on any atom is 0.263 e. The molecule has 5 nitrogen and oxygen atoms in total. The van der Waals surface area contributed by atoms with Crippen LogP contribution < -0.4 is 4.72 Å². The van der Waals surface area contributed by atoms with Crippen LogP contribution in [-0.4, -0.2) is 18.0 Å². The molecule has 0 saturated heterocycles. The zero-order valence-corrected chi connectivity index (χ0v) is 22.6. The van der Waals surface area contributed by atoms with Gasteiger partial charge in [-0.05, 0) is 59.9 Å². The summed E-state index contributed by atoms with van der Waals surface area (Å²) in [5.41, 5.74) is 6.61. The Hall–Kier alpha value is -3.90. The molecule has 0 atom stereocenters. The van der Waals surface area contributed by atoms with Gasteiger partial charge in [0.25, 0.3) is 10.0 Å². The van der Waals surface area contributed by atoms with Gasteiger partial charge >= 0.3 is 0 Å². The molecule has 0 amide bonds. The number of hydrogen-bond donors (Lipinski definition) is 1. The van der Waals surface area contributed by atoms with Gasteiger partial charge in [0.15, 0.2) is 0 Å². The van der Waals surface area contributed by atoms with Gasteiger partial charge in [0.05, 0.1) is 16.1 Å². The van der Waals surface area contributed by atoms with E-state index >= 15 is 0 Å². The Labute approximate surface area is 218 Å². The second-order valence-electron chi connectivity index (χ2n) is 10.4. The van der Waals surface area contributed by atoms with Crippen LogP contribution >= 0.6 is 0 Å². The molecule has 0 aliphatic rings. The number of nitrogens with one attached hydrogen (secondary N) is 1. The summed E-state index contributed by atoms with van der Waals surface area (Å²) in [6, 6.07) is 27.1. The van der Waals surface area contributed by atoms with Gasteiger partial charge in [-0.2, -0.15) is 0 Å². The van der Waals surface area contributed by atoms with Crippen molar-refractivity contribution in [1.29, 1.82) is 0 Å². The molecule has 5 aromatic rings. The average molecular weight is 510 g/mol. The highest BCUT2D eigenvalue weighted by molar-refractivity contribution is 7.92. The van der Waals surface area contributed by atoms with Crippen LogP contribution in [-0.2, 0) is 22.5 Å². The van der Waals surface area contributed by atoms with Crippen molar-refractivity contribution in [2.45, 2.75) is 38.0 Å². The first-order valence-electron chi connectivity index (χ1n) is 12.3. The number of nitrogens with zero attached hydrogens (tertiary/aromatic N) is 2. The summed E-state index contributed by atoms with van der Waals surface area (Å²) in [5, 5.41) is 0.965. The van der Waals surface area contributed by atoms with E-state index in [1.54, 1.807) is 30.5 Å². The molecule has 0 bridgehead atoms. The van der Waals surface area contributed by atoms with Crippen molar-refractivity contribution in [3.63, 3.8) is 0 Å². The smallest absolute Gasteiger partial charge is 0.263 e. The normalized spacial score (nSPS) is 12.1. The summed E-state index contributed by atoms with van der Waals surface area (Å²) < 4.78 is 31.9. The van der Waals surface area contributed by atoms with E-state index in [1.807, 2.05) is 61.0 Å². The Kier molecular flexibility index (Phi) is 6.16. The second-order valence-corrected chi connectivity index (χ2v) is 12.1. The Balaban J connectivity index is 1.79. The molecule has 6 heteroatoms. The molecule has 0 spiro atoms. The van der Waals surface area contributed by atoms with E-state index in [0.717, 1.165) is 38.9 Å². The van der Waals surface area contributed by atoms with E-state index in [0.29, 0.717) is 5.82 Å². The van der Waals surface area contributed by atoms with Crippen molar-refractivity contribution in [3.05, 3.63) is 102 Å². The van der Waals surface area contributed by atoms with Crippen molar-refractivity contribution in [1.82, 2.24) is 9.55 Å². The number of fused-ring (bicyclic) bond motifs is 1. The van der Waals surface area contributed by atoms with E-state index in [9.17, 15) is 8.42 Å². The van der Waals surface area contributed by atoms with Gasteiger partial charge in [-0.3, -0.25) is 9.71 Å². The molecule has 1 N–H and O–H groups in total. The fourth-order valence-corrected chi connectivity index (χ4v) is 5.76. The zero-order chi connectivity index (χ0) is 26.4. The SMILES string of the molecule is Cc1ccc(S(=O)(=O)Nc2c(-c3ccc(C(C)(C)C)cc3-c3ccccn3)c3ccccc3n2C)cc1. The van der Waals surface area contributed by atoms with Crippen molar-refractivity contribution in [3.8, 4) is 22.4 Å². The van der Waals surface area contributed by atoms with Gasteiger partial charge in [0.1, 0.15) is 5.82 Å². The molecule has 2 aromatic heterocycles. The molecule has 0 saturated carbocycles. The maximum absolute atomic E-state index is 13.5. The topological polar surface area (TPSA) is 64.0 Å². The number of aromatic nitrogens is 2. The lowest BCUT2D eigenvalue weighted by atomic mass is 9.83. The van der Waals surface area contributed by atoms with Crippen LogP contribution in [0.2, 0.25) is 0 Å². The van der Waals surface area contributed by atoms with E-state index in [2.05, 4.69) is 48.7 Å². The first-order chi connectivity index (χ1) is 17.6. The first kappa shape index (κ1) is 24.8. The second kappa shape index (κ2) is 9.20. The quantitative estimate of drug-likeness (QED) is 0.270.